The predicted molar refractivity (Wildman–Crippen MR) is 84.4 cm³/mol. The molecule has 4 nitrogen and oxygen atoms in total. The number of nitrogens with one attached hydrogen (secondary N) is 1. The van der Waals surface area contributed by atoms with Crippen molar-refractivity contribution in [3.05, 3.63) is 35.4 Å². The van der Waals surface area contributed by atoms with Gasteiger partial charge in [0.15, 0.2) is 0 Å². The molecule has 1 aliphatic carbocycles. The lowest BCUT2D eigenvalue weighted by Crippen LogP contribution is -2.49. The van der Waals surface area contributed by atoms with Gasteiger partial charge in [-0.05, 0) is 44.6 Å². The van der Waals surface area contributed by atoms with Crippen LogP contribution in [0, 0.1) is 0 Å². The molecule has 0 aliphatic heterocycles. The third kappa shape index (κ3) is 4.05. The summed E-state index contributed by atoms with van der Waals surface area (Å²) in [6.45, 7) is 0.907. The molecule has 0 radical (unpaired) electrons. The summed E-state index contributed by atoms with van der Waals surface area (Å²) in [6.07, 6.45) is 5.15. The van der Waals surface area contributed by atoms with E-state index in [-0.39, 0.29) is 5.97 Å². The molecule has 4 heteroatoms. The van der Waals surface area contributed by atoms with E-state index < -0.39 is 0 Å². The number of benzene rings is 1. The molecular weight excluding hydrogens is 264 g/mol. The second-order valence-corrected chi connectivity index (χ2v) is 5.85. The van der Waals surface area contributed by atoms with Crippen LogP contribution in [0.4, 0.5) is 0 Å². The highest BCUT2D eigenvalue weighted by atomic mass is 16.5. The van der Waals surface area contributed by atoms with Crippen molar-refractivity contribution in [1.29, 1.82) is 0 Å². The van der Waals surface area contributed by atoms with Crippen LogP contribution in [0.5, 0.6) is 0 Å². The first-order valence-electron chi connectivity index (χ1n) is 7.70. The Morgan fingerprint density at radius 1 is 1.29 bits per heavy atom. The van der Waals surface area contributed by atoms with E-state index in [9.17, 15) is 4.79 Å². The van der Waals surface area contributed by atoms with Crippen molar-refractivity contribution >= 4 is 5.97 Å². The minimum atomic E-state index is -0.280. The SMILES string of the molecule is CNC1CCCCC1N(C)Cc1ccc(C(=O)OC)cc1. The van der Waals surface area contributed by atoms with Gasteiger partial charge in [0.05, 0.1) is 12.7 Å². The first kappa shape index (κ1) is 16.0. The molecule has 2 atom stereocenters. The number of ether oxygens (including phenoxy) is 1. The molecule has 1 saturated carbocycles. The summed E-state index contributed by atoms with van der Waals surface area (Å²) >= 11 is 0. The number of carbonyl (C=O) groups excluding carboxylic acids is 1. The van der Waals surface area contributed by atoms with E-state index in [2.05, 4.69) is 24.3 Å². The molecular formula is C17H26N2O2. The average molecular weight is 290 g/mol. The van der Waals surface area contributed by atoms with E-state index in [0.717, 1.165) is 6.54 Å². The van der Waals surface area contributed by atoms with Crippen molar-refractivity contribution in [2.45, 2.75) is 44.3 Å². The Morgan fingerprint density at radius 3 is 2.57 bits per heavy atom. The normalized spacial score (nSPS) is 22.3. The highest BCUT2D eigenvalue weighted by Gasteiger charge is 2.26. The van der Waals surface area contributed by atoms with E-state index in [4.69, 9.17) is 4.74 Å². The standard InChI is InChI=1S/C17H26N2O2/c1-18-15-6-4-5-7-16(15)19(2)12-13-8-10-14(11-9-13)17(20)21-3/h8-11,15-16,18H,4-7,12H2,1-3H3. The summed E-state index contributed by atoms with van der Waals surface area (Å²) < 4.78 is 4.72. The summed E-state index contributed by atoms with van der Waals surface area (Å²) in [7, 11) is 5.65. The Balaban J connectivity index is 1.98. The number of carbonyl (C=O) groups is 1. The van der Waals surface area contributed by atoms with E-state index in [1.54, 1.807) is 0 Å². The molecule has 1 aliphatic rings. The highest BCUT2D eigenvalue weighted by Crippen LogP contribution is 2.23. The van der Waals surface area contributed by atoms with E-state index in [1.165, 1.54) is 38.4 Å². The molecule has 2 rings (SSSR count). The predicted octanol–water partition coefficient (Wildman–Crippen LogP) is 2.44. The molecule has 0 saturated heterocycles. The summed E-state index contributed by atoms with van der Waals surface area (Å²) in [6, 6.07) is 8.87. The average Bonchev–Trinajstić information content (AvgIpc) is 2.54. The van der Waals surface area contributed by atoms with Gasteiger partial charge in [0.1, 0.15) is 0 Å². The van der Waals surface area contributed by atoms with Crippen molar-refractivity contribution in [3.63, 3.8) is 0 Å². The van der Waals surface area contributed by atoms with Crippen molar-refractivity contribution in [2.24, 2.45) is 0 Å². The summed E-state index contributed by atoms with van der Waals surface area (Å²) in [5.41, 5.74) is 1.83. The quantitative estimate of drug-likeness (QED) is 0.846. The monoisotopic (exact) mass is 290 g/mol. The second-order valence-electron chi connectivity index (χ2n) is 5.85. The van der Waals surface area contributed by atoms with Gasteiger partial charge < -0.3 is 10.1 Å². The fourth-order valence-corrected chi connectivity index (χ4v) is 3.24. The van der Waals surface area contributed by atoms with Gasteiger partial charge in [0.2, 0.25) is 0 Å². The van der Waals surface area contributed by atoms with Crippen LogP contribution in [0.3, 0.4) is 0 Å². The first-order chi connectivity index (χ1) is 10.2. The Labute approximate surface area is 127 Å². The van der Waals surface area contributed by atoms with Crippen molar-refractivity contribution in [2.75, 3.05) is 21.2 Å². The molecule has 1 aromatic carbocycles. The topological polar surface area (TPSA) is 41.6 Å². The molecule has 116 valence electrons. The van der Waals surface area contributed by atoms with Gasteiger partial charge in [-0.2, -0.15) is 0 Å². The Kier molecular flexibility index (Phi) is 5.76. The number of hydrogen-bond acceptors (Lipinski definition) is 4. The van der Waals surface area contributed by atoms with Crippen LogP contribution in [0.2, 0.25) is 0 Å². The number of rotatable bonds is 5. The van der Waals surface area contributed by atoms with Gasteiger partial charge in [-0.3, -0.25) is 4.90 Å². The van der Waals surface area contributed by atoms with E-state index >= 15 is 0 Å². The third-order valence-electron chi connectivity index (χ3n) is 4.47. The lowest BCUT2D eigenvalue weighted by Gasteiger charge is -2.38. The number of likely N-dealkylation sites (N-methyl/N-ethyl adjacent to an activating group) is 2. The molecule has 1 aromatic rings. The highest BCUT2D eigenvalue weighted by molar-refractivity contribution is 5.89. The lowest BCUT2D eigenvalue weighted by molar-refractivity contribution is 0.0600. The Bertz CT molecular complexity index is 458. The van der Waals surface area contributed by atoms with Gasteiger partial charge in [-0.15, -0.1) is 0 Å². The zero-order valence-corrected chi connectivity index (χ0v) is 13.3. The van der Waals surface area contributed by atoms with Gasteiger partial charge in [0.25, 0.3) is 0 Å². The third-order valence-corrected chi connectivity index (χ3v) is 4.47. The molecule has 0 bridgehead atoms. The van der Waals surface area contributed by atoms with Crippen LogP contribution < -0.4 is 5.32 Å². The Hall–Kier alpha value is -1.39. The maximum Gasteiger partial charge on any atom is 0.337 e. The van der Waals surface area contributed by atoms with Gasteiger partial charge in [-0.25, -0.2) is 4.79 Å². The van der Waals surface area contributed by atoms with Crippen LogP contribution >= 0.6 is 0 Å². The summed E-state index contributed by atoms with van der Waals surface area (Å²) in [5.74, 6) is -0.280. The Morgan fingerprint density at radius 2 is 1.95 bits per heavy atom. The molecule has 0 aromatic heterocycles. The van der Waals surface area contributed by atoms with Gasteiger partial charge >= 0.3 is 5.97 Å². The minimum Gasteiger partial charge on any atom is -0.465 e. The zero-order valence-electron chi connectivity index (χ0n) is 13.3. The maximum atomic E-state index is 11.4. The molecule has 2 unspecified atom stereocenters. The molecule has 0 spiro atoms. The number of methoxy groups -OCH3 is 1. The fraction of sp³-hybridized carbons (Fsp3) is 0.588. The van der Waals surface area contributed by atoms with Crippen molar-refractivity contribution in [1.82, 2.24) is 10.2 Å². The van der Waals surface area contributed by atoms with Gasteiger partial charge in [-0.1, -0.05) is 25.0 Å². The smallest absolute Gasteiger partial charge is 0.337 e. The number of nitrogens with zero attached hydrogens (tertiary/aromatic N) is 1. The lowest BCUT2D eigenvalue weighted by atomic mass is 9.89. The molecule has 21 heavy (non-hydrogen) atoms. The fourth-order valence-electron chi connectivity index (χ4n) is 3.24. The van der Waals surface area contributed by atoms with Crippen LogP contribution in [0.25, 0.3) is 0 Å². The molecule has 0 heterocycles. The maximum absolute atomic E-state index is 11.4. The van der Waals surface area contributed by atoms with Crippen LogP contribution in [-0.2, 0) is 11.3 Å². The van der Waals surface area contributed by atoms with Crippen molar-refractivity contribution < 1.29 is 9.53 Å². The molecule has 0 amide bonds. The minimum absolute atomic E-state index is 0.280. The van der Waals surface area contributed by atoms with E-state index in [0.29, 0.717) is 17.6 Å². The summed E-state index contributed by atoms with van der Waals surface area (Å²) in [4.78, 5) is 13.9. The molecule has 1 fully saturated rings. The van der Waals surface area contributed by atoms with Crippen LogP contribution in [-0.4, -0.2) is 44.2 Å². The summed E-state index contributed by atoms with van der Waals surface area (Å²) in [5, 5.41) is 3.45. The zero-order chi connectivity index (χ0) is 15.2. The van der Waals surface area contributed by atoms with Crippen molar-refractivity contribution in [3.8, 4) is 0 Å². The number of hydrogen-bond donors (Lipinski definition) is 1. The van der Waals surface area contributed by atoms with Gasteiger partial charge in [0, 0.05) is 18.6 Å². The molecule has 1 N–H and O–H groups in total. The van der Waals surface area contributed by atoms with Crippen LogP contribution in [0.15, 0.2) is 24.3 Å². The largest absolute Gasteiger partial charge is 0.465 e. The van der Waals surface area contributed by atoms with E-state index in [1.807, 2.05) is 24.3 Å². The first-order valence-corrected chi connectivity index (χ1v) is 7.70. The number of esters is 1. The van der Waals surface area contributed by atoms with Crippen LogP contribution in [0.1, 0.15) is 41.6 Å². The second kappa shape index (κ2) is 7.57.